The summed E-state index contributed by atoms with van der Waals surface area (Å²) < 4.78 is 1.52. The molecule has 8 heteroatoms. The topological polar surface area (TPSA) is 104 Å². The van der Waals surface area contributed by atoms with Crippen LogP contribution in [0.2, 0.25) is 0 Å². The first-order chi connectivity index (χ1) is 12.7. The zero-order valence-corrected chi connectivity index (χ0v) is 14.1. The van der Waals surface area contributed by atoms with Crippen LogP contribution in [-0.4, -0.2) is 37.8 Å². The average Bonchev–Trinajstić information content (AvgIpc) is 3.14. The lowest BCUT2D eigenvalue weighted by Gasteiger charge is -2.26. The molecule has 0 aliphatic carbocycles. The Morgan fingerprint density at radius 3 is 2.92 bits per heavy atom. The monoisotopic (exact) mass is 353 g/mol. The van der Waals surface area contributed by atoms with E-state index in [0.29, 0.717) is 29.1 Å². The summed E-state index contributed by atoms with van der Waals surface area (Å²) in [5.41, 5.74) is 0.168. The number of anilines is 1. The van der Waals surface area contributed by atoms with Crippen LogP contribution in [0.4, 0.5) is 5.82 Å². The van der Waals surface area contributed by atoms with Gasteiger partial charge in [-0.05, 0) is 25.0 Å². The van der Waals surface area contributed by atoms with Crippen LogP contribution in [0.3, 0.4) is 0 Å². The SMILES string of the molecule is O=c1[nH]ccnc1N1CCCC1c1nc2ccccc2c(=O)n1CCO. The van der Waals surface area contributed by atoms with Gasteiger partial charge in [0.2, 0.25) is 0 Å². The normalized spacial score (nSPS) is 17.1. The van der Waals surface area contributed by atoms with E-state index >= 15 is 0 Å². The van der Waals surface area contributed by atoms with E-state index in [1.807, 2.05) is 11.0 Å². The maximum absolute atomic E-state index is 12.9. The van der Waals surface area contributed by atoms with E-state index < -0.39 is 0 Å². The van der Waals surface area contributed by atoms with Crippen LogP contribution in [-0.2, 0) is 6.54 Å². The van der Waals surface area contributed by atoms with Crippen LogP contribution in [0.5, 0.6) is 0 Å². The van der Waals surface area contributed by atoms with Crippen LogP contribution in [0.25, 0.3) is 10.9 Å². The van der Waals surface area contributed by atoms with Gasteiger partial charge in [0.15, 0.2) is 5.82 Å². The number of H-pyrrole nitrogens is 1. The van der Waals surface area contributed by atoms with E-state index in [2.05, 4.69) is 9.97 Å². The van der Waals surface area contributed by atoms with Crippen molar-refractivity contribution >= 4 is 16.7 Å². The molecule has 1 aliphatic heterocycles. The van der Waals surface area contributed by atoms with Crippen LogP contribution in [0, 0.1) is 0 Å². The smallest absolute Gasteiger partial charge is 0.290 e. The lowest BCUT2D eigenvalue weighted by Crippen LogP contribution is -2.35. The maximum Gasteiger partial charge on any atom is 0.290 e. The maximum atomic E-state index is 12.9. The highest BCUT2D eigenvalue weighted by Crippen LogP contribution is 2.33. The number of fused-ring (bicyclic) bond motifs is 1. The molecule has 2 N–H and O–H groups in total. The summed E-state index contributed by atoms with van der Waals surface area (Å²) >= 11 is 0. The second kappa shape index (κ2) is 6.72. The largest absolute Gasteiger partial charge is 0.395 e. The molecule has 0 bridgehead atoms. The number of hydrogen-bond acceptors (Lipinski definition) is 6. The molecule has 1 saturated heterocycles. The lowest BCUT2D eigenvalue weighted by molar-refractivity contribution is 0.270. The predicted molar refractivity (Wildman–Crippen MR) is 97.3 cm³/mol. The van der Waals surface area contributed by atoms with Gasteiger partial charge >= 0.3 is 0 Å². The number of aromatic amines is 1. The molecule has 0 spiro atoms. The minimum Gasteiger partial charge on any atom is -0.395 e. The molecule has 0 radical (unpaired) electrons. The van der Waals surface area contributed by atoms with Crippen LogP contribution in [0.15, 0.2) is 46.2 Å². The molecule has 1 fully saturated rings. The Hall–Kier alpha value is -3.00. The van der Waals surface area contributed by atoms with Crippen molar-refractivity contribution in [1.82, 2.24) is 19.5 Å². The molecule has 3 aromatic rings. The van der Waals surface area contributed by atoms with Crippen molar-refractivity contribution in [3.05, 3.63) is 63.2 Å². The molecule has 1 aliphatic rings. The summed E-state index contributed by atoms with van der Waals surface area (Å²) in [6.45, 7) is 0.658. The van der Waals surface area contributed by atoms with Crippen LogP contribution < -0.4 is 16.0 Å². The molecule has 2 aromatic heterocycles. The molecule has 26 heavy (non-hydrogen) atoms. The zero-order valence-electron chi connectivity index (χ0n) is 14.1. The number of aliphatic hydroxyl groups excluding tert-OH is 1. The molecule has 1 unspecified atom stereocenters. The molecule has 0 saturated carbocycles. The van der Waals surface area contributed by atoms with Crippen molar-refractivity contribution < 1.29 is 5.11 Å². The van der Waals surface area contributed by atoms with Gasteiger partial charge in [0.1, 0.15) is 5.82 Å². The summed E-state index contributed by atoms with van der Waals surface area (Å²) in [6.07, 6.45) is 4.66. The number of nitrogens with one attached hydrogen (secondary N) is 1. The van der Waals surface area contributed by atoms with Gasteiger partial charge < -0.3 is 15.0 Å². The zero-order chi connectivity index (χ0) is 18.1. The average molecular weight is 353 g/mol. The lowest BCUT2D eigenvalue weighted by atomic mass is 10.1. The van der Waals surface area contributed by atoms with Crippen molar-refractivity contribution in [3.8, 4) is 0 Å². The second-order valence-corrected chi connectivity index (χ2v) is 6.26. The van der Waals surface area contributed by atoms with E-state index in [-0.39, 0.29) is 30.3 Å². The fourth-order valence-corrected chi connectivity index (χ4v) is 3.59. The Morgan fingerprint density at radius 2 is 2.12 bits per heavy atom. The molecule has 3 heterocycles. The molecule has 0 amide bonds. The van der Waals surface area contributed by atoms with Crippen molar-refractivity contribution in [2.24, 2.45) is 0 Å². The highest BCUT2D eigenvalue weighted by atomic mass is 16.3. The summed E-state index contributed by atoms with van der Waals surface area (Å²) in [6, 6.07) is 6.93. The Kier molecular flexibility index (Phi) is 4.26. The van der Waals surface area contributed by atoms with Crippen molar-refractivity contribution in [3.63, 3.8) is 0 Å². The molecular weight excluding hydrogens is 334 g/mol. The minimum absolute atomic E-state index is 0.162. The second-order valence-electron chi connectivity index (χ2n) is 6.26. The van der Waals surface area contributed by atoms with E-state index in [9.17, 15) is 14.7 Å². The van der Waals surface area contributed by atoms with Crippen molar-refractivity contribution in [2.45, 2.75) is 25.4 Å². The number of nitrogens with zero attached hydrogens (tertiary/aromatic N) is 4. The number of aromatic nitrogens is 4. The molecule has 8 nitrogen and oxygen atoms in total. The Morgan fingerprint density at radius 1 is 1.27 bits per heavy atom. The Bertz CT molecular complexity index is 1060. The third-order valence-corrected chi connectivity index (χ3v) is 4.73. The minimum atomic E-state index is -0.267. The first-order valence-corrected chi connectivity index (χ1v) is 8.61. The van der Waals surface area contributed by atoms with E-state index in [1.54, 1.807) is 24.4 Å². The summed E-state index contributed by atoms with van der Waals surface area (Å²) in [4.78, 5) is 38.6. The van der Waals surface area contributed by atoms with Gasteiger partial charge in [-0.1, -0.05) is 12.1 Å². The molecular formula is C18H19N5O3. The van der Waals surface area contributed by atoms with Gasteiger partial charge in [0.05, 0.1) is 30.1 Å². The number of rotatable bonds is 4. The standard InChI is InChI=1S/C18H19N5O3/c24-11-10-23-15(21-13-5-2-1-4-12(13)18(23)26)14-6-3-9-22(14)16-17(25)20-8-7-19-16/h1-2,4-5,7-8,14,24H,3,6,9-11H2,(H,20,25). The molecule has 134 valence electrons. The van der Waals surface area contributed by atoms with Gasteiger partial charge in [-0.2, -0.15) is 0 Å². The quantitative estimate of drug-likeness (QED) is 0.719. The summed E-state index contributed by atoms with van der Waals surface area (Å²) in [7, 11) is 0. The van der Waals surface area contributed by atoms with Crippen molar-refractivity contribution in [2.75, 3.05) is 18.1 Å². The highest BCUT2D eigenvalue weighted by Gasteiger charge is 2.32. The van der Waals surface area contributed by atoms with E-state index in [1.165, 1.54) is 10.8 Å². The fourth-order valence-electron chi connectivity index (χ4n) is 3.59. The third kappa shape index (κ3) is 2.68. The van der Waals surface area contributed by atoms with Gasteiger partial charge in [-0.25, -0.2) is 9.97 Å². The van der Waals surface area contributed by atoms with E-state index in [0.717, 1.165) is 12.8 Å². The summed E-state index contributed by atoms with van der Waals surface area (Å²) in [5.74, 6) is 0.887. The number of aliphatic hydroxyl groups is 1. The van der Waals surface area contributed by atoms with Crippen LogP contribution in [0.1, 0.15) is 24.7 Å². The van der Waals surface area contributed by atoms with Crippen LogP contribution >= 0.6 is 0 Å². The van der Waals surface area contributed by atoms with Gasteiger partial charge in [-0.3, -0.25) is 14.2 Å². The number of benzene rings is 1. The third-order valence-electron chi connectivity index (χ3n) is 4.73. The molecule has 4 rings (SSSR count). The summed E-state index contributed by atoms with van der Waals surface area (Å²) in [5, 5.41) is 9.96. The fraction of sp³-hybridized carbons (Fsp3) is 0.333. The first-order valence-electron chi connectivity index (χ1n) is 8.61. The molecule has 1 aromatic carbocycles. The Balaban J connectivity index is 1.90. The van der Waals surface area contributed by atoms with Crippen molar-refractivity contribution in [1.29, 1.82) is 0 Å². The highest BCUT2D eigenvalue weighted by molar-refractivity contribution is 5.77. The Labute approximate surface area is 148 Å². The van der Waals surface area contributed by atoms with Gasteiger partial charge in [-0.15, -0.1) is 0 Å². The van der Waals surface area contributed by atoms with Gasteiger partial charge in [0.25, 0.3) is 11.1 Å². The number of para-hydroxylation sites is 1. The predicted octanol–water partition coefficient (Wildman–Crippen LogP) is 0.814. The molecule has 1 atom stereocenters. The van der Waals surface area contributed by atoms with Gasteiger partial charge in [0, 0.05) is 18.9 Å². The number of hydrogen-bond donors (Lipinski definition) is 2. The first kappa shape index (κ1) is 16.5. The van der Waals surface area contributed by atoms with E-state index in [4.69, 9.17) is 4.98 Å².